The van der Waals surface area contributed by atoms with Crippen molar-refractivity contribution in [3.05, 3.63) is 182 Å². The molecule has 6 aromatic rings. The van der Waals surface area contributed by atoms with Gasteiger partial charge in [0.25, 0.3) is 0 Å². The molecule has 0 aliphatic heterocycles. The predicted molar refractivity (Wildman–Crippen MR) is 168 cm³/mol. The summed E-state index contributed by atoms with van der Waals surface area (Å²) in [5, 5.41) is 8.61. The Morgan fingerprint density at radius 1 is 0.225 bits per heavy atom. The maximum Gasteiger partial charge on any atom is 1.00 e. The second kappa shape index (κ2) is 16.9. The van der Waals surface area contributed by atoms with Crippen molar-refractivity contribution >= 4 is 48.7 Å². The Bertz CT molecular complexity index is 1180. The second-order valence-corrected chi connectivity index (χ2v) is 13.9. The molecule has 0 unspecified atom stereocenters. The molecule has 0 saturated carbocycles. The van der Waals surface area contributed by atoms with Crippen LogP contribution >= 0.6 is 0 Å². The van der Waals surface area contributed by atoms with Crippen LogP contribution in [-0.2, 0) is 17.1 Å². The van der Waals surface area contributed by atoms with Crippen LogP contribution in [0.25, 0.3) is 0 Å². The molecule has 6 rings (SSSR count). The molecule has 4 heteroatoms. The van der Waals surface area contributed by atoms with Gasteiger partial charge in [-0.2, -0.15) is 0 Å². The summed E-state index contributed by atoms with van der Waals surface area (Å²) in [5.41, 5.74) is 0. The Morgan fingerprint density at radius 2 is 0.350 bits per heavy atom. The first kappa shape index (κ1) is 31.4. The zero-order valence-electron chi connectivity index (χ0n) is 22.6. The molecule has 0 nitrogen and oxygen atoms in total. The van der Waals surface area contributed by atoms with Crippen molar-refractivity contribution in [3.8, 4) is 0 Å². The molecule has 40 heavy (non-hydrogen) atoms. The molecule has 0 bridgehead atoms. The summed E-state index contributed by atoms with van der Waals surface area (Å²) in [6.45, 7) is 0. The van der Waals surface area contributed by atoms with E-state index in [9.17, 15) is 0 Å². The summed E-state index contributed by atoms with van der Waals surface area (Å²) in [4.78, 5) is 0. The molecule has 0 aliphatic carbocycles. The Balaban J connectivity index is 0.000000210. The molecular weight excluding hydrogens is 559 g/mol. The third-order valence-corrected chi connectivity index (χ3v) is 11.8. The molecule has 0 aromatic heterocycles. The Hall–Kier alpha value is -3.13. The Kier molecular flexibility index (Phi) is 13.2. The second-order valence-electron chi connectivity index (χ2n) is 8.95. The molecule has 0 spiro atoms. The van der Waals surface area contributed by atoms with Gasteiger partial charge in [0.1, 0.15) is 0 Å². The third kappa shape index (κ3) is 8.43. The zero-order valence-corrected chi connectivity index (χ0v) is 25.6. The topological polar surface area (TPSA) is 0 Å². The van der Waals surface area contributed by atoms with E-state index < -0.39 is 17.6 Å². The summed E-state index contributed by atoms with van der Waals surface area (Å²) in [5.74, 6) is 0. The quantitative estimate of drug-likeness (QED) is 0.204. The van der Waals surface area contributed by atoms with E-state index in [0.717, 1.165) is 0 Å². The monoisotopic (exact) mass is 588 g/mol. The first-order chi connectivity index (χ1) is 18.9. The van der Waals surface area contributed by atoms with Gasteiger partial charge in [0, 0.05) is 17.1 Å². The summed E-state index contributed by atoms with van der Waals surface area (Å²) < 4.78 is 0. The zero-order chi connectivity index (χ0) is 25.8. The molecule has 0 saturated heterocycles. The van der Waals surface area contributed by atoms with Crippen LogP contribution in [0, 0.1) is 0 Å². The number of hydrogen-bond donors (Lipinski definition) is 0. The van der Waals surface area contributed by atoms with Crippen LogP contribution in [0.3, 0.4) is 0 Å². The van der Waals surface area contributed by atoms with Gasteiger partial charge in [-0.05, 0) is 0 Å². The van der Waals surface area contributed by atoms with Crippen LogP contribution in [-0.4, -0.2) is 17.6 Å². The maximum absolute atomic E-state index is 2.24. The summed E-state index contributed by atoms with van der Waals surface area (Å²) >= 11 is 0. The van der Waals surface area contributed by atoms with Gasteiger partial charge in [-0.15, -0.1) is 0 Å². The molecule has 0 heterocycles. The van der Waals surface area contributed by atoms with E-state index in [2.05, 4.69) is 182 Å². The molecule has 0 fully saturated rings. The smallest absolute Gasteiger partial charge is 0.0624 e. The minimum absolute atomic E-state index is 0. The van der Waals surface area contributed by atoms with Crippen LogP contribution in [0.15, 0.2) is 182 Å². The summed E-state index contributed by atoms with van der Waals surface area (Å²) in [6.07, 6.45) is 0. The van der Waals surface area contributed by atoms with Gasteiger partial charge in [-0.25, -0.2) is 0 Å². The number of hydrogen-bond acceptors (Lipinski definition) is 0. The van der Waals surface area contributed by atoms with Crippen molar-refractivity contribution in [1.82, 2.24) is 0 Å². The van der Waals surface area contributed by atoms with Crippen molar-refractivity contribution in [3.63, 3.8) is 0 Å². The summed E-state index contributed by atoms with van der Waals surface area (Å²) in [6, 6.07) is 65.0. The fourth-order valence-corrected chi connectivity index (χ4v) is 9.78. The first-order valence-corrected chi connectivity index (χ1v) is 16.0. The molecule has 193 valence electrons. The maximum atomic E-state index is 2.24. The normalized spacial score (nSPS) is 10.1. The van der Waals surface area contributed by atoms with E-state index in [1.54, 1.807) is 0 Å². The van der Waals surface area contributed by atoms with E-state index in [0.29, 0.717) is 0 Å². The van der Waals surface area contributed by atoms with Crippen LogP contribution in [0.1, 0.15) is 0 Å². The molecule has 0 amide bonds. The molecule has 3 radical (unpaired) electrons. The standard InChI is InChI=1S/2C18H15Si.Cu.Li/c2*1-4-10-16(11-5-1)19(17-12-6-2-7-13-17)18-14-8-3-9-15-18;;/h2*1-15H;;/q;;;+1. The van der Waals surface area contributed by atoms with Crippen LogP contribution < -0.4 is 50.0 Å². The SMILES string of the molecule is [Cu].[Li+].c1ccc([Si](c2ccccc2)c2ccccc2)cc1.c1ccc([Si](c2ccccc2)c2ccccc2)cc1. The fourth-order valence-electron chi connectivity index (χ4n) is 4.63. The van der Waals surface area contributed by atoms with E-state index in [4.69, 9.17) is 0 Å². The van der Waals surface area contributed by atoms with Crippen LogP contribution in [0.2, 0.25) is 0 Å². The van der Waals surface area contributed by atoms with Gasteiger partial charge in [-0.1, -0.05) is 213 Å². The first-order valence-electron chi connectivity index (χ1n) is 13.0. The molecule has 6 aromatic carbocycles. The largest absolute Gasteiger partial charge is 1.00 e. The van der Waals surface area contributed by atoms with Crippen LogP contribution in [0.5, 0.6) is 0 Å². The van der Waals surface area contributed by atoms with Gasteiger partial charge in [0.15, 0.2) is 17.6 Å². The van der Waals surface area contributed by atoms with Crippen molar-refractivity contribution in [2.24, 2.45) is 0 Å². The average molecular weight is 589 g/mol. The predicted octanol–water partition coefficient (Wildman–Crippen LogP) is 1.41. The third-order valence-electron chi connectivity index (χ3n) is 6.37. The van der Waals surface area contributed by atoms with Gasteiger partial charge in [0.2, 0.25) is 0 Å². The molecular formula is C36H30CuLiSi2+. The molecule has 0 atom stereocenters. The number of benzene rings is 6. The minimum atomic E-state index is -0.877. The van der Waals surface area contributed by atoms with E-state index in [1.807, 2.05) is 0 Å². The summed E-state index contributed by atoms with van der Waals surface area (Å²) in [7, 11) is -1.75. The van der Waals surface area contributed by atoms with Crippen molar-refractivity contribution < 1.29 is 35.9 Å². The van der Waals surface area contributed by atoms with Gasteiger partial charge >= 0.3 is 18.9 Å². The van der Waals surface area contributed by atoms with E-state index in [1.165, 1.54) is 31.1 Å². The van der Waals surface area contributed by atoms with Gasteiger partial charge in [-0.3, -0.25) is 0 Å². The average Bonchev–Trinajstić information content (AvgIpc) is 3.01. The Labute approximate surface area is 265 Å². The van der Waals surface area contributed by atoms with Gasteiger partial charge in [0.05, 0.1) is 0 Å². The number of rotatable bonds is 6. The van der Waals surface area contributed by atoms with Crippen molar-refractivity contribution in [2.75, 3.05) is 0 Å². The van der Waals surface area contributed by atoms with Crippen molar-refractivity contribution in [2.45, 2.75) is 0 Å². The fraction of sp³-hybridized carbons (Fsp3) is 0. The van der Waals surface area contributed by atoms with E-state index >= 15 is 0 Å². The van der Waals surface area contributed by atoms with Gasteiger partial charge < -0.3 is 0 Å². The molecule has 0 aliphatic rings. The van der Waals surface area contributed by atoms with Crippen molar-refractivity contribution in [1.29, 1.82) is 0 Å². The Morgan fingerprint density at radius 3 is 0.475 bits per heavy atom. The molecule has 0 N–H and O–H groups in total. The van der Waals surface area contributed by atoms with E-state index in [-0.39, 0.29) is 35.9 Å². The van der Waals surface area contributed by atoms with Crippen LogP contribution in [0.4, 0.5) is 0 Å². The minimum Gasteiger partial charge on any atom is -0.0624 e.